The number of rotatable bonds is 3. The van der Waals surface area contributed by atoms with Gasteiger partial charge in [0.05, 0.1) is 11.3 Å². The van der Waals surface area contributed by atoms with E-state index in [1.54, 1.807) is 0 Å². The SMILES string of the molecule is CC1(C)CCN(c2ccc(CNC(C)(C)C)cc2C#N)C1. The lowest BCUT2D eigenvalue weighted by Gasteiger charge is -2.24. The second-order valence-corrected chi connectivity index (χ2v) is 7.90. The van der Waals surface area contributed by atoms with Crippen LogP contribution < -0.4 is 10.2 Å². The fourth-order valence-corrected chi connectivity index (χ4v) is 2.74. The number of hydrogen-bond acceptors (Lipinski definition) is 3. The van der Waals surface area contributed by atoms with Crippen LogP contribution in [-0.4, -0.2) is 18.6 Å². The van der Waals surface area contributed by atoms with Gasteiger partial charge in [-0.1, -0.05) is 19.9 Å². The smallest absolute Gasteiger partial charge is 0.101 e. The van der Waals surface area contributed by atoms with Crippen LogP contribution in [0, 0.1) is 16.7 Å². The molecule has 0 amide bonds. The number of nitriles is 1. The molecular formula is C18H27N3. The van der Waals surface area contributed by atoms with Crippen molar-refractivity contribution in [2.75, 3.05) is 18.0 Å². The summed E-state index contributed by atoms with van der Waals surface area (Å²) in [6, 6.07) is 8.64. The number of hydrogen-bond donors (Lipinski definition) is 1. The molecule has 0 spiro atoms. The molecule has 0 unspecified atom stereocenters. The number of nitrogens with zero attached hydrogens (tertiary/aromatic N) is 2. The van der Waals surface area contributed by atoms with Gasteiger partial charge in [-0.15, -0.1) is 0 Å². The Kier molecular flexibility index (Phi) is 4.30. The highest BCUT2D eigenvalue weighted by atomic mass is 15.2. The third-order valence-corrected chi connectivity index (χ3v) is 4.02. The lowest BCUT2D eigenvalue weighted by Crippen LogP contribution is -2.35. The zero-order chi connectivity index (χ0) is 15.7. The first-order valence-electron chi connectivity index (χ1n) is 7.73. The van der Waals surface area contributed by atoms with E-state index < -0.39 is 0 Å². The van der Waals surface area contributed by atoms with Crippen molar-refractivity contribution in [2.45, 2.75) is 53.1 Å². The minimum atomic E-state index is 0.0878. The zero-order valence-electron chi connectivity index (χ0n) is 14.0. The molecule has 1 N–H and O–H groups in total. The molecule has 0 saturated carbocycles. The first-order chi connectivity index (χ1) is 9.70. The van der Waals surface area contributed by atoms with Gasteiger partial charge in [-0.05, 0) is 50.3 Å². The Hall–Kier alpha value is -1.53. The predicted molar refractivity (Wildman–Crippen MR) is 88.4 cm³/mol. The van der Waals surface area contributed by atoms with E-state index in [9.17, 15) is 5.26 Å². The lowest BCUT2D eigenvalue weighted by atomic mass is 9.93. The van der Waals surface area contributed by atoms with Crippen LogP contribution in [0.25, 0.3) is 0 Å². The normalized spacial score (nSPS) is 17.8. The summed E-state index contributed by atoms with van der Waals surface area (Å²) in [5.74, 6) is 0. The Balaban J connectivity index is 2.16. The monoisotopic (exact) mass is 285 g/mol. The topological polar surface area (TPSA) is 39.1 Å². The van der Waals surface area contributed by atoms with Crippen LogP contribution in [-0.2, 0) is 6.54 Å². The molecule has 0 radical (unpaired) electrons. The van der Waals surface area contributed by atoms with Crippen molar-refractivity contribution in [3.05, 3.63) is 29.3 Å². The highest BCUT2D eigenvalue weighted by Gasteiger charge is 2.30. The third-order valence-electron chi connectivity index (χ3n) is 4.02. The third kappa shape index (κ3) is 4.22. The highest BCUT2D eigenvalue weighted by Crippen LogP contribution is 2.34. The molecule has 0 aliphatic carbocycles. The molecule has 1 aliphatic rings. The summed E-state index contributed by atoms with van der Waals surface area (Å²) >= 11 is 0. The van der Waals surface area contributed by atoms with Crippen molar-refractivity contribution in [3.8, 4) is 6.07 Å². The van der Waals surface area contributed by atoms with Crippen LogP contribution in [0.4, 0.5) is 5.69 Å². The summed E-state index contributed by atoms with van der Waals surface area (Å²) in [4.78, 5) is 2.35. The molecular weight excluding hydrogens is 258 g/mol. The van der Waals surface area contributed by atoms with Gasteiger partial charge >= 0.3 is 0 Å². The molecule has 0 atom stereocenters. The van der Waals surface area contributed by atoms with E-state index in [4.69, 9.17) is 0 Å². The first-order valence-corrected chi connectivity index (χ1v) is 7.73. The van der Waals surface area contributed by atoms with Crippen molar-refractivity contribution in [2.24, 2.45) is 5.41 Å². The molecule has 3 nitrogen and oxygen atoms in total. The van der Waals surface area contributed by atoms with Crippen molar-refractivity contribution < 1.29 is 0 Å². The summed E-state index contributed by atoms with van der Waals surface area (Å²) in [7, 11) is 0. The van der Waals surface area contributed by atoms with Gasteiger partial charge in [-0.25, -0.2) is 0 Å². The average molecular weight is 285 g/mol. The van der Waals surface area contributed by atoms with Crippen LogP contribution in [0.2, 0.25) is 0 Å². The average Bonchev–Trinajstić information content (AvgIpc) is 2.75. The standard InChI is InChI=1S/C18H27N3/c1-17(2,3)20-12-14-6-7-16(15(10-14)11-19)21-9-8-18(4,5)13-21/h6-7,10,20H,8-9,12-13H2,1-5H3. The van der Waals surface area contributed by atoms with Gasteiger partial charge in [0.25, 0.3) is 0 Å². The zero-order valence-corrected chi connectivity index (χ0v) is 14.0. The molecule has 0 aromatic heterocycles. The molecule has 2 rings (SSSR count). The molecule has 1 saturated heterocycles. The van der Waals surface area contributed by atoms with E-state index in [1.807, 2.05) is 6.07 Å². The summed E-state index contributed by atoms with van der Waals surface area (Å²) in [5, 5.41) is 12.9. The van der Waals surface area contributed by atoms with Crippen LogP contribution in [0.5, 0.6) is 0 Å². The minimum Gasteiger partial charge on any atom is -0.370 e. The van der Waals surface area contributed by atoms with Crippen molar-refractivity contribution in [1.82, 2.24) is 5.32 Å². The lowest BCUT2D eigenvalue weighted by molar-refractivity contribution is 0.418. The molecule has 21 heavy (non-hydrogen) atoms. The van der Waals surface area contributed by atoms with E-state index in [1.165, 1.54) is 12.0 Å². The summed E-state index contributed by atoms with van der Waals surface area (Å²) in [5.41, 5.74) is 3.48. The molecule has 114 valence electrons. The predicted octanol–water partition coefficient (Wildman–Crippen LogP) is 3.68. The molecule has 3 heteroatoms. The molecule has 1 fully saturated rings. The number of anilines is 1. The molecule has 0 bridgehead atoms. The van der Waals surface area contributed by atoms with Gasteiger partial charge in [0.1, 0.15) is 6.07 Å². The first kappa shape index (κ1) is 15.9. The van der Waals surface area contributed by atoms with Crippen molar-refractivity contribution in [3.63, 3.8) is 0 Å². The van der Waals surface area contributed by atoms with E-state index in [0.717, 1.165) is 30.9 Å². The largest absolute Gasteiger partial charge is 0.370 e. The van der Waals surface area contributed by atoms with Crippen molar-refractivity contribution >= 4 is 5.69 Å². The molecule has 1 aliphatic heterocycles. The van der Waals surface area contributed by atoms with E-state index in [0.29, 0.717) is 5.41 Å². The Bertz CT molecular complexity index is 547. The molecule has 1 aromatic carbocycles. The Morgan fingerprint density at radius 2 is 2.05 bits per heavy atom. The minimum absolute atomic E-state index is 0.0878. The fourth-order valence-electron chi connectivity index (χ4n) is 2.74. The van der Waals surface area contributed by atoms with Crippen LogP contribution in [0.3, 0.4) is 0 Å². The van der Waals surface area contributed by atoms with Gasteiger partial charge in [0.15, 0.2) is 0 Å². The summed E-state index contributed by atoms with van der Waals surface area (Å²) in [6.45, 7) is 13.9. The van der Waals surface area contributed by atoms with Crippen LogP contribution in [0.15, 0.2) is 18.2 Å². The second-order valence-electron chi connectivity index (χ2n) is 7.90. The second kappa shape index (κ2) is 5.69. The maximum absolute atomic E-state index is 9.46. The number of benzene rings is 1. The molecule has 1 heterocycles. The Labute approximate surface area is 129 Å². The highest BCUT2D eigenvalue weighted by molar-refractivity contribution is 5.61. The molecule has 1 aromatic rings. The van der Waals surface area contributed by atoms with E-state index in [2.05, 4.69) is 63.0 Å². The van der Waals surface area contributed by atoms with Gasteiger partial charge in [0.2, 0.25) is 0 Å². The fraction of sp³-hybridized carbons (Fsp3) is 0.611. The van der Waals surface area contributed by atoms with Crippen LogP contribution in [0.1, 0.15) is 52.2 Å². The van der Waals surface area contributed by atoms with E-state index >= 15 is 0 Å². The van der Waals surface area contributed by atoms with Gasteiger partial charge in [-0.3, -0.25) is 0 Å². The number of nitrogens with one attached hydrogen (secondary N) is 1. The van der Waals surface area contributed by atoms with Gasteiger partial charge < -0.3 is 10.2 Å². The van der Waals surface area contributed by atoms with Crippen molar-refractivity contribution in [1.29, 1.82) is 5.26 Å². The van der Waals surface area contributed by atoms with Gasteiger partial charge in [0, 0.05) is 25.2 Å². The van der Waals surface area contributed by atoms with E-state index in [-0.39, 0.29) is 5.54 Å². The quantitative estimate of drug-likeness (QED) is 0.920. The maximum atomic E-state index is 9.46. The Morgan fingerprint density at radius 1 is 1.33 bits per heavy atom. The van der Waals surface area contributed by atoms with Crippen LogP contribution >= 0.6 is 0 Å². The van der Waals surface area contributed by atoms with Gasteiger partial charge in [-0.2, -0.15) is 5.26 Å². The Morgan fingerprint density at radius 3 is 2.57 bits per heavy atom. The summed E-state index contributed by atoms with van der Waals surface area (Å²) < 4.78 is 0. The maximum Gasteiger partial charge on any atom is 0.101 e. The summed E-state index contributed by atoms with van der Waals surface area (Å²) in [6.07, 6.45) is 1.19.